The zero-order valence-electron chi connectivity index (χ0n) is 23.6. The number of ether oxygens (including phenoxy) is 6. The standard InChI is InChI=1S/C29H34O12/c1-11-15-16-19(24(5,34)21(33)36-16)39-29-17(15)23(4,18(11)31)6-7-25(41-29)10-26-12(8-13-28(25,37-13)20(29)32)22(2,3)40-27(26,35)9-14(30)38-26/h11-13,15-17,19,34-35H,6-10H2,1-5H3/t11-,12-,13-,15+,16+,17-,19-,23-,24+,25-,26+,27+,28+,29-/m0/s1. The second-order valence-electron chi connectivity index (χ2n) is 15.1. The number of hydrogen-bond donors (Lipinski definition) is 2. The van der Waals surface area contributed by atoms with E-state index in [4.69, 9.17) is 28.4 Å². The monoisotopic (exact) mass is 574 g/mol. The van der Waals surface area contributed by atoms with Gasteiger partial charge in [0.1, 0.15) is 30.0 Å². The second-order valence-corrected chi connectivity index (χ2v) is 15.1. The predicted molar refractivity (Wildman–Crippen MR) is 129 cm³/mol. The maximum absolute atomic E-state index is 15.0. The van der Waals surface area contributed by atoms with E-state index in [0.29, 0.717) is 6.42 Å². The van der Waals surface area contributed by atoms with Crippen molar-refractivity contribution in [3.8, 4) is 0 Å². The molecule has 2 N–H and O–H groups in total. The van der Waals surface area contributed by atoms with Crippen LogP contribution < -0.4 is 0 Å². The van der Waals surface area contributed by atoms with Crippen molar-refractivity contribution in [2.75, 3.05) is 0 Å². The van der Waals surface area contributed by atoms with E-state index in [9.17, 15) is 24.6 Å². The number of rotatable bonds is 0. The average Bonchev–Trinajstić information content (AvgIpc) is 3.38. The van der Waals surface area contributed by atoms with Crippen molar-refractivity contribution in [3.63, 3.8) is 0 Å². The van der Waals surface area contributed by atoms with Gasteiger partial charge in [0.25, 0.3) is 0 Å². The summed E-state index contributed by atoms with van der Waals surface area (Å²) < 4.78 is 37.8. The van der Waals surface area contributed by atoms with Gasteiger partial charge in [-0.2, -0.15) is 0 Å². The Bertz CT molecular complexity index is 1410. The average molecular weight is 575 g/mol. The molecule has 12 heteroatoms. The second kappa shape index (κ2) is 6.44. The zero-order chi connectivity index (χ0) is 29.1. The molecule has 0 aromatic heterocycles. The van der Waals surface area contributed by atoms with Gasteiger partial charge in [0.15, 0.2) is 16.8 Å². The van der Waals surface area contributed by atoms with Gasteiger partial charge >= 0.3 is 11.9 Å². The molecule has 222 valence electrons. The number of carbonyl (C=O) groups excluding carboxylic acids is 4. The van der Waals surface area contributed by atoms with E-state index in [-0.39, 0.29) is 31.5 Å². The van der Waals surface area contributed by atoms with Gasteiger partial charge in [-0.1, -0.05) is 13.8 Å². The lowest BCUT2D eigenvalue weighted by Gasteiger charge is -2.50. The van der Waals surface area contributed by atoms with Gasteiger partial charge in [0.05, 0.1) is 11.7 Å². The smallest absolute Gasteiger partial charge is 0.341 e. The first kappa shape index (κ1) is 25.5. The van der Waals surface area contributed by atoms with Crippen molar-refractivity contribution in [3.05, 3.63) is 0 Å². The fourth-order valence-corrected chi connectivity index (χ4v) is 11.2. The highest BCUT2D eigenvalue weighted by atomic mass is 16.8. The summed E-state index contributed by atoms with van der Waals surface area (Å²) in [7, 11) is 0. The lowest BCUT2D eigenvalue weighted by molar-refractivity contribution is -0.343. The summed E-state index contributed by atoms with van der Waals surface area (Å²) in [6, 6.07) is 0. The molecular weight excluding hydrogens is 540 g/mol. The molecule has 41 heavy (non-hydrogen) atoms. The maximum Gasteiger partial charge on any atom is 0.341 e. The van der Waals surface area contributed by atoms with Crippen molar-refractivity contribution >= 4 is 23.5 Å². The highest BCUT2D eigenvalue weighted by Crippen LogP contribution is 2.77. The molecule has 2 bridgehead atoms. The zero-order valence-corrected chi connectivity index (χ0v) is 23.6. The molecule has 0 aromatic carbocycles. The SMILES string of the molecule is C[C@@H]1C(=O)[C@@]2(C)CC[C@]34C[C@]56OC(=O)C[C@@]5(O)OC(C)(C)[C@@H]6C[C@@H]5O[C@@]53C(=O)[C@@]3(O[C@H]5[C@H](OC(=O)[C@]5(C)O)[C@@H]1[C@H]32)O4. The van der Waals surface area contributed by atoms with Crippen molar-refractivity contribution < 1.29 is 57.8 Å². The largest absolute Gasteiger partial charge is 0.457 e. The molecule has 7 heterocycles. The van der Waals surface area contributed by atoms with E-state index in [1.165, 1.54) is 6.92 Å². The van der Waals surface area contributed by atoms with E-state index in [0.717, 1.165) is 0 Å². The first-order chi connectivity index (χ1) is 18.9. The minimum Gasteiger partial charge on any atom is -0.457 e. The highest BCUT2D eigenvalue weighted by Gasteiger charge is 2.94. The van der Waals surface area contributed by atoms with Gasteiger partial charge in [0, 0.05) is 35.5 Å². The Kier molecular flexibility index (Phi) is 4.01. The Hall–Kier alpha value is -1.96. The Labute approximate surface area is 235 Å². The van der Waals surface area contributed by atoms with Gasteiger partial charge in [0.2, 0.25) is 17.4 Å². The van der Waals surface area contributed by atoms with Crippen LogP contribution in [0.3, 0.4) is 0 Å². The van der Waals surface area contributed by atoms with E-state index in [1.54, 1.807) is 6.92 Å². The topological polar surface area (TPSA) is 167 Å². The van der Waals surface area contributed by atoms with Crippen LogP contribution in [0.4, 0.5) is 0 Å². The van der Waals surface area contributed by atoms with Crippen molar-refractivity contribution in [1.82, 2.24) is 0 Å². The first-order valence-electron chi connectivity index (χ1n) is 14.7. The van der Waals surface area contributed by atoms with Crippen LogP contribution in [0, 0.1) is 29.1 Å². The Morgan fingerprint density at radius 1 is 0.951 bits per heavy atom. The molecule has 9 rings (SSSR count). The van der Waals surface area contributed by atoms with Crippen LogP contribution in [-0.4, -0.2) is 91.6 Å². The summed E-state index contributed by atoms with van der Waals surface area (Å²) in [4.78, 5) is 54.7. The van der Waals surface area contributed by atoms with Gasteiger partial charge < -0.3 is 38.6 Å². The van der Waals surface area contributed by atoms with E-state index >= 15 is 4.79 Å². The molecule has 0 unspecified atom stereocenters. The fourth-order valence-electron chi connectivity index (χ4n) is 11.2. The van der Waals surface area contributed by atoms with Crippen LogP contribution in [0.15, 0.2) is 0 Å². The summed E-state index contributed by atoms with van der Waals surface area (Å²) in [5.41, 5.74) is -8.48. The molecule has 0 aromatic rings. The normalized spacial score (nSPS) is 63.8. The number of aliphatic hydroxyl groups is 2. The third kappa shape index (κ3) is 2.29. The number of ketones is 2. The predicted octanol–water partition coefficient (Wildman–Crippen LogP) is 0.0780. The van der Waals surface area contributed by atoms with E-state index in [1.807, 2.05) is 20.8 Å². The Balaban J connectivity index is 1.26. The molecule has 7 aliphatic heterocycles. The van der Waals surface area contributed by atoms with E-state index in [2.05, 4.69) is 0 Å². The summed E-state index contributed by atoms with van der Waals surface area (Å²) in [5, 5.41) is 23.1. The number of epoxide rings is 1. The molecule has 14 atom stereocenters. The minimum atomic E-state index is -2.07. The number of Topliss-reactive ketones (excluding diaryl/α,β-unsaturated/α-hetero) is 2. The molecule has 2 aliphatic carbocycles. The summed E-state index contributed by atoms with van der Waals surface area (Å²) in [5.74, 6) is -8.56. The molecule has 0 amide bonds. The van der Waals surface area contributed by atoms with Crippen LogP contribution in [0.2, 0.25) is 0 Å². The van der Waals surface area contributed by atoms with Crippen molar-refractivity contribution in [1.29, 1.82) is 0 Å². The number of fused-ring (bicyclic) bond motifs is 2. The highest BCUT2D eigenvalue weighted by molar-refractivity contribution is 6.03. The van der Waals surface area contributed by atoms with Crippen molar-refractivity contribution in [2.45, 2.75) is 125 Å². The first-order valence-corrected chi connectivity index (χ1v) is 14.7. The van der Waals surface area contributed by atoms with Crippen molar-refractivity contribution in [2.24, 2.45) is 29.1 Å². The van der Waals surface area contributed by atoms with Gasteiger partial charge in [-0.05, 0) is 40.0 Å². The lowest BCUT2D eigenvalue weighted by Crippen LogP contribution is -2.66. The van der Waals surface area contributed by atoms with Crippen LogP contribution in [-0.2, 0) is 47.6 Å². The summed E-state index contributed by atoms with van der Waals surface area (Å²) in [6.07, 6.45) is -2.51. The minimum absolute atomic E-state index is 0.0832. The lowest BCUT2D eigenvalue weighted by atomic mass is 9.60. The quantitative estimate of drug-likeness (QED) is 0.296. The number of esters is 2. The molecule has 9 fully saturated rings. The van der Waals surface area contributed by atoms with E-state index < -0.39 is 105 Å². The van der Waals surface area contributed by atoms with Crippen LogP contribution in [0.25, 0.3) is 0 Å². The Morgan fingerprint density at radius 3 is 2.41 bits per heavy atom. The van der Waals surface area contributed by atoms with Gasteiger partial charge in [-0.15, -0.1) is 0 Å². The Morgan fingerprint density at radius 2 is 1.68 bits per heavy atom. The third-order valence-electron chi connectivity index (χ3n) is 12.8. The third-order valence-corrected chi connectivity index (χ3v) is 12.8. The molecule has 12 nitrogen and oxygen atoms in total. The maximum atomic E-state index is 15.0. The number of hydrogen-bond acceptors (Lipinski definition) is 12. The van der Waals surface area contributed by atoms with Gasteiger partial charge in [-0.25, -0.2) is 4.79 Å². The molecule has 2 saturated carbocycles. The molecular formula is C29H34O12. The molecule has 7 saturated heterocycles. The molecule has 4 spiro atoms. The summed E-state index contributed by atoms with van der Waals surface area (Å²) >= 11 is 0. The van der Waals surface area contributed by atoms with Crippen LogP contribution in [0.1, 0.15) is 66.7 Å². The molecule has 0 radical (unpaired) electrons. The van der Waals surface area contributed by atoms with Crippen LogP contribution >= 0.6 is 0 Å². The fraction of sp³-hybridized carbons (Fsp3) is 0.862. The van der Waals surface area contributed by atoms with Crippen LogP contribution in [0.5, 0.6) is 0 Å². The molecule has 9 aliphatic rings. The summed E-state index contributed by atoms with van der Waals surface area (Å²) in [6.45, 7) is 8.53. The number of carbonyl (C=O) groups is 4. The van der Waals surface area contributed by atoms with Gasteiger partial charge in [-0.3, -0.25) is 14.4 Å².